The standard InChI is InChI=1S/C15H10ClFN2O3/c16-8-3-1-4-9(17)13(8)15(21)18-10-5-2-6-11-14(10)19-12(20)7-22-11/h1-6H,7H2,(H,18,21)(H,19,20). The molecule has 0 radical (unpaired) electrons. The molecule has 0 atom stereocenters. The van der Waals surface area contributed by atoms with E-state index in [0.717, 1.165) is 6.07 Å². The first kappa shape index (κ1) is 14.3. The molecule has 2 amide bonds. The highest BCUT2D eigenvalue weighted by Crippen LogP contribution is 2.35. The minimum absolute atomic E-state index is 0.00239. The summed E-state index contributed by atoms with van der Waals surface area (Å²) >= 11 is 5.86. The Morgan fingerprint density at radius 1 is 1.27 bits per heavy atom. The summed E-state index contributed by atoms with van der Waals surface area (Å²) in [6.45, 7) is -0.0937. The van der Waals surface area contributed by atoms with Gasteiger partial charge in [-0.15, -0.1) is 0 Å². The maximum Gasteiger partial charge on any atom is 0.262 e. The molecule has 2 N–H and O–H groups in total. The molecule has 7 heteroatoms. The van der Waals surface area contributed by atoms with Crippen LogP contribution in [0, 0.1) is 5.82 Å². The van der Waals surface area contributed by atoms with E-state index in [0.29, 0.717) is 17.1 Å². The first-order valence-corrected chi connectivity index (χ1v) is 6.75. The number of halogens is 2. The second kappa shape index (κ2) is 5.65. The van der Waals surface area contributed by atoms with Crippen LogP contribution in [0.4, 0.5) is 15.8 Å². The monoisotopic (exact) mass is 320 g/mol. The lowest BCUT2D eigenvalue weighted by Crippen LogP contribution is -2.26. The fourth-order valence-electron chi connectivity index (χ4n) is 2.10. The minimum Gasteiger partial charge on any atom is -0.481 e. The minimum atomic E-state index is -0.727. The molecule has 0 spiro atoms. The van der Waals surface area contributed by atoms with Gasteiger partial charge in [0.1, 0.15) is 17.3 Å². The van der Waals surface area contributed by atoms with E-state index >= 15 is 0 Å². The van der Waals surface area contributed by atoms with Crippen LogP contribution < -0.4 is 15.4 Å². The highest BCUT2D eigenvalue weighted by Gasteiger charge is 2.22. The van der Waals surface area contributed by atoms with Crippen LogP contribution in [-0.4, -0.2) is 18.4 Å². The number of carbonyl (C=O) groups excluding carboxylic acids is 2. The predicted octanol–water partition coefficient (Wildman–Crippen LogP) is 3.06. The van der Waals surface area contributed by atoms with E-state index in [9.17, 15) is 14.0 Å². The summed E-state index contributed by atoms with van der Waals surface area (Å²) in [6.07, 6.45) is 0. The Morgan fingerprint density at radius 3 is 2.82 bits per heavy atom. The molecule has 5 nitrogen and oxygen atoms in total. The molecule has 0 saturated heterocycles. The van der Waals surface area contributed by atoms with Crippen LogP contribution in [0.15, 0.2) is 36.4 Å². The highest BCUT2D eigenvalue weighted by atomic mass is 35.5. The third kappa shape index (κ3) is 2.60. The molecule has 0 bridgehead atoms. The number of carbonyl (C=O) groups is 2. The topological polar surface area (TPSA) is 67.4 Å². The van der Waals surface area contributed by atoms with E-state index in [4.69, 9.17) is 16.3 Å². The summed E-state index contributed by atoms with van der Waals surface area (Å²) in [5, 5.41) is 5.14. The Kier molecular flexibility index (Phi) is 3.68. The van der Waals surface area contributed by atoms with Crippen molar-refractivity contribution in [3.63, 3.8) is 0 Å². The zero-order chi connectivity index (χ0) is 15.7. The number of para-hydroxylation sites is 1. The fraction of sp³-hybridized carbons (Fsp3) is 0.0667. The van der Waals surface area contributed by atoms with Crippen LogP contribution in [0.2, 0.25) is 5.02 Å². The van der Waals surface area contributed by atoms with E-state index in [2.05, 4.69) is 10.6 Å². The Labute approximate surface area is 130 Å². The lowest BCUT2D eigenvalue weighted by atomic mass is 10.1. The Balaban J connectivity index is 1.94. The zero-order valence-electron chi connectivity index (χ0n) is 11.2. The summed E-state index contributed by atoms with van der Waals surface area (Å²) in [4.78, 5) is 23.6. The van der Waals surface area contributed by atoms with Crippen LogP contribution in [0.5, 0.6) is 5.75 Å². The molecule has 22 heavy (non-hydrogen) atoms. The molecule has 1 aliphatic rings. The fourth-order valence-corrected chi connectivity index (χ4v) is 2.35. The van der Waals surface area contributed by atoms with Gasteiger partial charge in [-0.25, -0.2) is 4.39 Å². The number of hydrogen-bond donors (Lipinski definition) is 2. The van der Waals surface area contributed by atoms with Gasteiger partial charge in [-0.1, -0.05) is 23.7 Å². The van der Waals surface area contributed by atoms with E-state index in [1.807, 2.05) is 0 Å². The number of anilines is 2. The van der Waals surface area contributed by atoms with Gasteiger partial charge in [-0.3, -0.25) is 9.59 Å². The van der Waals surface area contributed by atoms with E-state index in [1.165, 1.54) is 12.1 Å². The third-order valence-electron chi connectivity index (χ3n) is 3.09. The number of benzene rings is 2. The van der Waals surface area contributed by atoms with Crippen molar-refractivity contribution in [2.24, 2.45) is 0 Å². The van der Waals surface area contributed by atoms with Crippen molar-refractivity contribution >= 4 is 34.8 Å². The number of amides is 2. The number of hydrogen-bond acceptors (Lipinski definition) is 3. The molecule has 0 aromatic heterocycles. The largest absolute Gasteiger partial charge is 0.481 e. The molecular weight excluding hydrogens is 311 g/mol. The zero-order valence-corrected chi connectivity index (χ0v) is 11.9. The average Bonchev–Trinajstić information content (AvgIpc) is 2.47. The molecule has 2 aromatic rings. The maximum absolute atomic E-state index is 13.8. The van der Waals surface area contributed by atoms with Crippen molar-refractivity contribution in [2.75, 3.05) is 17.2 Å². The van der Waals surface area contributed by atoms with E-state index in [-0.39, 0.29) is 23.1 Å². The summed E-state index contributed by atoms with van der Waals surface area (Å²) in [7, 11) is 0. The molecule has 1 heterocycles. The second-order valence-electron chi connectivity index (χ2n) is 4.57. The lowest BCUT2D eigenvalue weighted by Gasteiger charge is -2.21. The van der Waals surface area contributed by atoms with Crippen molar-refractivity contribution in [3.8, 4) is 5.75 Å². The lowest BCUT2D eigenvalue weighted by molar-refractivity contribution is -0.118. The molecule has 0 saturated carbocycles. The predicted molar refractivity (Wildman–Crippen MR) is 79.9 cm³/mol. The van der Waals surface area contributed by atoms with E-state index in [1.54, 1.807) is 18.2 Å². The summed E-state index contributed by atoms with van der Waals surface area (Å²) in [5.74, 6) is -1.35. The van der Waals surface area contributed by atoms with Gasteiger partial charge in [0.25, 0.3) is 11.8 Å². The van der Waals surface area contributed by atoms with Gasteiger partial charge in [-0.2, -0.15) is 0 Å². The first-order valence-electron chi connectivity index (χ1n) is 6.37. The van der Waals surface area contributed by atoms with Gasteiger partial charge in [0.15, 0.2) is 6.61 Å². The first-order chi connectivity index (χ1) is 10.6. The number of nitrogens with one attached hydrogen (secondary N) is 2. The molecule has 3 rings (SSSR count). The molecule has 1 aliphatic heterocycles. The smallest absolute Gasteiger partial charge is 0.262 e. The van der Waals surface area contributed by atoms with Gasteiger partial charge >= 0.3 is 0 Å². The number of ether oxygens (including phenoxy) is 1. The Morgan fingerprint density at radius 2 is 2.05 bits per heavy atom. The molecular formula is C15H10ClFN2O3. The molecule has 112 valence electrons. The van der Waals surface area contributed by atoms with Crippen LogP contribution in [0.3, 0.4) is 0 Å². The van der Waals surface area contributed by atoms with Crippen LogP contribution >= 0.6 is 11.6 Å². The van der Waals surface area contributed by atoms with Crippen LogP contribution in [0.25, 0.3) is 0 Å². The second-order valence-corrected chi connectivity index (χ2v) is 4.97. The molecule has 0 unspecified atom stereocenters. The quantitative estimate of drug-likeness (QED) is 0.893. The van der Waals surface area contributed by atoms with Gasteiger partial charge < -0.3 is 15.4 Å². The van der Waals surface area contributed by atoms with Crippen molar-refractivity contribution in [1.82, 2.24) is 0 Å². The Bertz CT molecular complexity index is 759. The van der Waals surface area contributed by atoms with Gasteiger partial charge in [0, 0.05) is 0 Å². The van der Waals surface area contributed by atoms with Gasteiger partial charge in [0.05, 0.1) is 16.3 Å². The average molecular weight is 321 g/mol. The SMILES string of the molecule is O=C1COc2cccc(NC(=O)c3c(F)cccc3Cl)c2N1. The summed E-state index contributed by atoms with van der Waals surface area (Å²) in [6, 6.07) is 8.85. The Hall–Kier alpha value is -2.60. The van der Waals surface area contributed by atoms with Crippen molar-refractivity contribution in [3.05, 3.63) is 52.8 Å². The summed E-state index contributed by atoms with van der Waals surface area (Å²) in [5.41, 5.74) is 0.374. The van der Waals surface area contributed by atoms with Crippen molar-refractivity contribution < 1.29 is 18.7 Å². The maximum atomic E-state index is 13.8. The highest BCUT2D eigenvalue weighted by molar-refractivity contribution is 6.34. The van der Waals surface area contributed by atoms with Gasteiger partial charge in [0.2, 0.25) is 0 Å². The molecule has 2 aromatic carbocycles. The van der Waals surface area contributed by atoms with Crippen molar-refractivity contribution in [2.45, 2.75) is 0 Å². The molecule has 0 aliphatic carbocycles. The number of rotatable bonds is 2. The van der Waals surface area contributed by atoms with Crippen LogP contribution in [0.1, 0.15) is 10.4 Å². The van der Waals surface area contributed by atoms with Crippen molar-refractivity contribution in [1.29, 1.82) is 0 Å². The van der Waals surface area contributed by atoms with E-state index < -0.39 is 11.7 Å². The normalized spacial score (nSPS) is 12.9. The molecule has 0 fully saturated rings. The van der Waals surface area contributed by atoms with Crippen LogP contribution in [-0.2, 0) is 4.79 Å². The summed E-state index contributed by atoms with van der Waals surface area (Å²) < 4.78 is 19.0. The third-order valence-corrected chi connectivity index (χ3v) is 3.40. The number of fused-ring (bicyclic) bond motifs is 1. The van der Waals surface area contributed by atoms with Gasteiger partial charge in [-0.05, 0) is 24.3 Å².